The number of carbonyl (C=O) groups excluding carboxylic acids is 2. The third kappa shape index (κ3) is 3.66. The third-order valence-corrected chi connectivity index (χ3v) is 6.42. The van der Waals surface area contributed by atoms with Gasteiger partial charge in [0.25, 0.3) is 0 Å². The Morgan fingerprint density at radius 1 is 1.26 bits per heavy atom. The van der Waals surface area contributed by atoms with E-state index in [9.17, 15) is 9.59 Å². The fourth-order valence-corrected chi connectivity index (χ4v) is 4.77. The minimum atomic E-state index is -0.389. The van der Waals surface area contributed by atoms with Gasteiger partial charge in [0, 0.05) is 37.9 Å². The molecule has 3 unspecified atom stereocenters. The molecule has 2 saturated carbocycles. The number of nitrogens with zero attached hydrogens (tertiary/aromatic N) is 5. The first-order chi connectivity index (χ1) is 15.0. The average Bonchev–Trinajstić information content (AvgIpc) is 3.23. The topological polar surface area (TPSA) is 91.9 Å². The van der Waals surface area contributed by atoms with E-state index < -0.39 is 0 Å². The Morgan fingerprint density at radius 2 is 2.13 bits per heavy atom. The normalized spacial score (nSPS) is 23.0. The number of ether oxygens (including phenoxy) is 1. The minimum Gasteiger partial charge on any atom is -0.465 e. The van der Waals surface area contributed by atoms with Gasteiger partial charge in [-0.25, -0.2) is 9.48 Å². The van der Waals surface area contributed by atoms with Crippen molar-refractivity contribution >= 4 is 11.8 Å². The van der Waals surface area contributed by atoms with Gasteiger partial charge in [-0.2, -0.15) is 5.10 Å². The lowest BCUT2D eigenvalue weighted by Gasteiger charge is -2.22. The summed E-state index contributed by atoms with van der Waals surface area (Å²) in [6.07, 6.45) is 7.63. The predicted octanol–water partition coefficient (Wildman–Crippen LogP) is 3.29. The van der Waals surface area contributed by atoms with Crippen LogP contribution in [0.1, 0.15) is 77.2 Å². The number of aromatic nitrogens is 5. The van der Waals surface area contributed by atoms with Crippen molar-refractivity contribution in [1.29, 1.82) is 0 Å². The molecule has 0 N–H and O–H groups in total. The summed E-state index contributed by atoms with van der Waals surface area (Å²) < 4.78 is 8.56. The Bertz CT molecular complexity index is 1150. The smallest absolute Gasteiger partial charge is 0.341 e. The Labute approximate surface area is 180 Å². The van der Waals surface area contributed by atoms with Crippen LogP contribution in [0.4, 0.5) is 0 Å². The molecule has 0 saturated heterocycles. The van der Waals surface area contributed by atoms with Crippen LogP contribution in [-0.2, 0) is 16.6 Å². The molecular formula is C23H25N5O3. The zero-order valence-corrected chi connectivity index (χ0v) is 17.7. The molecule has 8 heteroatoms. The Morgan fingerprint density at radius 3 is 2.87 bits per heavy atom. The largest absolute Gasteiger partial charge is 0.465 e. The highest BCUT2D eigenvalue weighted by molar-refractivity contribution is 5.91. The van der Waals surface area contributed by atoms with E-state index in [-0.39, 0.29) is 23.7 Å². The van der Waals surface area contributed by atoms with Crippen LogP contribution < -0.4 is 0 Å². The molecule has 3 aromatic rings. The number of carbonyl (C=O) groups is 2. The summed E-state index contributed by atoms with van der Waals surface area (Å²) in [5.74, 6) is 0.507. The second-order valence-corrected chi connectivity index (χ2v) is 8.54. The molecule has 2 aromatic heterocycles. The number of methoxy groups -OCH3 is 1. The van der Waals surface area contributed by atoms with Gasteiger partial charge in [0.1, 0.15) is 11.3 Å². The summed E-state index contributed by atoms with van der Waals surface area (Å²) in [4.78, 5) is 24.4. The van der Waals surface area contributed by atoms with Crippen molar-refractivity contribution in [2.45, 2.75) is 49.9 Å². The first-order valence-electron chi connectivity index (χ1n) is 10.7. The molecule has 2 aliphatic carbocycles. The highest BCUT2D eigenvalue weighted by Crippen LogP contribution is 2.55. The van der Waals surface area contributed by atoms with Crippen molar-refractivity contribution < 1.29 is 14.3 Å². The monoisotopic (exact) mass is 419 g/mol. The molecule has 0 aliphatic heterocycles. The van der Waals surface area contributed by atoms with E-state index in [0.717, 1.165) is 41.9 Å². The van der Waals surface area contributed by atoms with E-state index in [0.29, 0.717) is 24.2 Å². The SMILES string of the molecule is COC(=O)c1cnn(-c2cccc(C3CCCC(=O)C3)c2)c1C1CC1c1cn(C)nn1. The van der Waals surface area contributed by atoms with Crippen molar-refractivity contribution in [3.63, 3.8) is 0 Å². The summed E-state index contributed by atoms with van der Waals surface area (Å²) in [6, 6.07) is 8.17. The van der Waals surface area contributed by atoms with Crippen LogP contribution in [0.5, 0.6) is 0 Å². The van der Waals surface area contributed by atoms with Gasteiger partial charge in [-0.05, 0) is 42.9 Å². The van der Waals surface area contributed by atoms with Crippen LogP contribution in [0, 0.1) is 0 Å². The predicted molar refractivity (Wildman–Crippen MR) is 112 cm³/mol. The molecule has 2 fully saturated rings. The molecule has 3 atom stereocenters. The van der Waals surface area contributed by atoms with Gasteiger partial charge in [-0.3, -0.25) is 9.48 Å². The molecule has 0 amide bonds. The number of rotatable bonds is 5. The molecule has 160 valence electrons. The maximum atomic E-state index is 12.5. The van der Waals surface area contributed by atoms with Gasteiger partial charge in [0.2, 0.25) is 0 Å². The number of benzene rings is 1. The fraction of sp³-hybridized carbons (Fsp3) is 0.435. The van der Waals surface area contributed by atoms with E-state index in [1.54, 1.807) is 10.9 Å². The summed E-state index contributed by atoms with van der Waals surface area (Å²) in [5.41, 5.74) is 4.29. The number of aryl methyl sites for hydroxylation is 1. The Balaban J connectivity index is 1.51. The summed E-state index contributed by atoms with van der Waals surface area (Å²) in [7, 11) is 3.23. The van der Waals surface area contributed by atoms with E-state index >= 15 is 0 Å². The Kier molecular flexibility index (Phi) is 4.92. The van der Waals surface area contributed by atoms with Crippen molar-refractivity contribution in [3.8, 4) is 5.69 Å². The maximum absolute atomic E-state index is 12.5. The molecule has 0 spiro atoms. The standard InChI is InChI=1S/C23H25N5O3/c1-27-13-21(25-26-27)18-11-19(18)22-20(23(30)31-2)12-24-28(22)16-7-3-5-14(9-16)15-6-4-8-17(29)10-15/h3,5,7,9,12-13,15,18-19H,4,6,8,10-11H2,1-2H3. The summed E-state index contributed by atoms with van der Waals surface area (Å²) in [5, 5.41) is 12.9. The maximum Gasteiger partial charge on any atom is 0.341 e. The minimum absolute atomic E-state index is 0.119. The third-order valence-electron chi connectivity index (χ3n) is 6.42. The van der Waals surface area contributed by atoms with Crippen LogP contribution >= 0.6 is 0 Å². The lowest BCUT2D eigenvalue weighted by Crippen LogP contribution is -2.14. The highest BCUT2D eigenvalue weighted by atomic mass is 16.5. The van der Waals surface area contributed by atoms with Gasteiger partial charge in [0.05, 0.1) is 30.4 Å². The fourth-order valence-electron chi connectivity index (χ4n) is 4.77. The van der Waals surface area contributed by atoms with Crippen LogP contribution in [-0.4, -0.2) is 43.6 Å². The van der Waals surface area contributed by atoms with E-state index in [4.69, 9.17) is 4.74 Å². The molecule has 1 aromatic carbocycles. The molecule has 0 radical (unpaired) electrons. The van der Waals surface area contributed by atoms with Crippen molar-refractivity contribution in [2.75, 3.05) is 7.11 Å². The molecule has 31 heavy (non-hydrogen) atoms. The van der Waals surface area contributed by atoms with Crippen LogP contribution in [0.3, 0.4) is 0 Å². The zero-order valence-electron chi connectivity index (χ0n) is 17.7. The molecule has 8 nitrogen and oxygen atoms in total. The Hall–Kier alpha value is -3.29. The molecule has 0 bridgehead atoms. The van der Waals surface area contributed by atoms with Crippen molar-refractivity contribution in [1.82, 2.24) is 24.8 Å². The molecule has 2 aliphatic rings. The second-order valence-electron chi connectivity index (χ2n) is 8.54. The highest BCUT2D eigenvalue weighted by Gasteiger charge is 2.46. The molecular weight excluding hydrogens is 394 g/mol. The number of ketones is 1. The quantitative estimate of drug-likeness (QED) is 0.590. The second kappa shape index (κ2) is 7.76. The van der Waals surface area contributed by atoms with Crippen molar-refractivity contribution in [3.05, 3.63) is 59.2 Å². The molecule has 2 heterocycles. The summed E-state index contributed by atoms with van der Waals surface area (Å²) >= 11 is 0. The van der Waals surface area contributed by atoms with Crippen LogP contribution in [0.15, 0.2) is 36.7 Å². The van der Waals surface area contributed by atoms with Crippen LogP contribution in [0.2, 0.25) is 0 Å². The number of esters is 1. The number of Topliss-reactive ketones (excluding diaryl/α,β-unsaturated/α-hetero) is 1. The average molecular weight is 419 g/mol. The summed E-state index contributed by atoms with van der Waals surface area (Å²) in [6.45, 7) is 0. The molecule has 5 rings (SSSR count). The lowest BCUT2D eigenvalue weighted by molar-refractivity contribution is -0.120. The van der Waals surface area contributed by atoms with Gasteiger partial charge in [-0.1, -0.05) is 17.3 Å². The number of hydrogen-bond acceptors (Lipinski definition) is 6. The van der Waals surface area contributed by atoms with E-state index in [1.807, 2.05) is 30.1 Å². The van der Waals surface area contributed by atoms with Gasteiger partial charge in [0.15, 0.2) is 0 Å². The van der Waals surface area contributed by atoms with Gasteiger partial charge < -0.3 is 4.74 Å². The lowest BCUT2D eigenvalue weighted by atomic mass is 9.83. The van der Waals surface area contributed by atoms with Crippen LogP contribution in [0.25, 0.3) is 5.69 Å². The van der Waals surface area contributed by atoms with Gasteiger partial charge >= 0.3 is 5.97 Å². The first-order valence-corrected chi connectivity index (χ1v) is 10.7. The zero-order chi connectivity index (χ0) is 21.5. The first kappa shape index (κ1) is 19.7. The number of hydrogen-bond donors (Lipinski definition) is 0. The van der Waals surface area contributed by atoms with E-state index in [2.05, 4.69) is 27.5 Å². The van der Waals surface area contributed by atoms with Crippen molar-refractivity contribution in [2.24, 2.45) is 7.05 Å². The van der Waals surface area contributed by atoms with Gasteiger partial charge in [-0.15, -0.1) is 5.10 Å². The van der Waals surface area contributed by atoms with E-state index in [1.165, 1.54) is 7.11 Å².